The van der Waals surface area contributed by atoms with Gasteiger partial charge < -0.3 is 19.5 Å². The van der Waals surface area contributed by atoms with Crippen molar-refractivity contribution in [1.29, 1.82) is 0 Å². The van der Waals surface area contributed by atoms with Crippen LogP contribution in [0.2, 0.25) is 0 Å². The van der Waals surface area contributed by atoms with Gasteiger partial charge in [-0.2, -0.15) is 0 Å². The van der Waals surface area contributed by atoms with Gasteiger partial charge in [-0.05, 0) is 44.5 Å². The molecule has 1 fully saturated rings. The van der Waals surface area contributed by atoms with Gasteiger partial charge in [0, 0.05) is 45.2 Å². The molecule has 1 aliphatic heterocycles. The molecule has 0 radical (unpaired) electrons. The summed E-state index contributed by atoms with van der Waals surface area (Å²) >= 11 is 0. The normalized spacial score (nSPS) is 19.5. The van der Waals surface area contributed by atoms with Gasteiger partial charge in [0.2, 0.25) is 0 Å². The molecule has 1 saturated heterocycles. The number of benzene rings is 1. The van der Waals surface area contributed by atoms with Crippen molar-refractivity contribution in [3.05, 3.63) is 48.4 Å². The Morgan fingerprint density at radius 3 is 2.76 bits per heavy atom. The topological polar surface area (TPSA) is 71.0 Å². The van der Waals surface area contributed by atoms with Crippen LogP contribution in [0.3, 0.4) is 0 Å². The summed E-state index contributed by atoms with van der Waals surface area (Å²) < 4.78 is 10.9. The first-order valence-corrected chi connectivity index (χ1v) is 10.3. The molecule has 158 valence electrons. The van der Waals surface area contributed by atoms with Crippen LogP contribution in [0.4, 0.5) is 5.82 Å². The second-order valence-corrected chi connectivity index (χ2v) is 7.67. The first-order valence-electron chi connectivity index (χ1n) is 10.3. The molecule has 0 aliphatic carbocycles. The first kappa shape index (κ1) is 21.5. The zero-order valence-electron chi connectivity index (χ0n) is 17.5. The molecule has 1 aromatic carbocycles. The fourth-order valence-corrected chi connectivity index (χ4v) is 3.82. The molecule has 1 unspecified atom stereocenters. The number of β-amino-alcohol motifs (C(OH)–C–C–N with tert-alkyl or cyclic N) is 1. The van der Waals surface area contributed by atoms with E-state index in [0.29, 0.717) is 32.9 Å². The minimum atomic E-state index is -0.757. The Morgan fingerprint density at radius 1 is 1.21 bits per heavy atom. The van der Waals surface area contributed by atoms with Crippen LogP contribution in [0.25, 0.3) is 0 Å². The number of piperidine rings is 1. The molecule has 1 aliphatic rings. The van der Waals surface area contributed by atoms with Gasteiger partial charge in [0.15, 0.2) is 0 Å². The van der Waals surface area contributed by atoms with Crippen molar-refractivity contribution in [3.63, 3.8) is 0 Å². The second kappa shape index (κ2) is 10.5. The van der Waals surface area contributed by atoms with Crippen molar-refractivity contribution in [3.8, 4) is 5.75 Å². The van der Waals surface area contributed by atoms with E-state index in [1.165, 1.54) is 5.56 Å². The highest BCUT2D eigenvalue weighted by Gasteiger charge is 2.34. The average Bonchev–Trinajstić information content (AvgIpc) is 2.72. The van der Waals surface area contributed by atoms with Crippen molar-refractivity contribution in [2.24, 2.45) is 0 Å². The molecule has 29 heavy (non-hydrogen) atoms. The Morgan fingerprint density at radius 2 is 2.03 bits per heavy atom. The van der Waals surface area contributed by atoms with Gasteiger partial charge in [0.25, 0.3) is 0 Å². The summed E-state index contributed by atoms with van der Waals surface area (Å²) in [6, 6.07) is 8.12. The summed E-state index contributed by atoms with van der Waals surface area (Å²) in [4.78, 5) is 12.8. The lowest BCUT2D eigenvalue weighted by Gasteiger charge is -2.41. The zero-order chi connectivity index (χ0) is 20.5. The van der Waals surface area contributed by atoms with Crippen LogP contribution < -0.4 is 9.64 Å². The SMILES string of the molecule is CCOCCOc1ccc(CN(C)CC2(O)CCCN(c3cnccn3)C2)cc1. The minimum Gasteiger partial charge on any atom is -0.491 e. The molecule has 7 heteroatoms. The van der Waals surface area contributed by atoms with E-state index in [1.54, 1.807) is 18.6 Å². The van der Waals surface area contributed by atoms with E-state index in [4.69, 9.17) is 9.47 Å². The Hall–Kier alpha value is -2.22. The van der Waals surface area contributed by atoms with Gasteiger partial charge in [-0.25, -0.2) is 4.98 Å². The minimum absolute atomic E-state index is 0.558. The molecule has 0 saturated carbocycles. The number of aromatic nitrogens is 2. The Kier molecular flexibility index (Phi) is 7.80. The number of aliphatic hydroxyl groups is 1. The lowest BCUT2D eigenvalue weighted by Crippen LogP contribution is -2.54. The van der Waals surface area contributed by atoms with E-state index >= 15 is 0 Å². The molecule has 0 spiro atoms. The number of nitrogens with zero attached hydrogens (tertiary/aromatic N) is 4. The third-order valence-corrected chi connectivity index (χ3v) is 5.07. The molecule has 2 aromatic rings. The maximum Gasteiger partial charge on any atom is 0.147 e. The third-order valence-electron chi connectivity index (χ3n) is 5.07. The third kappa shape index (κ3) is 6.66. The highest BCUT2D eigenvalue weighted by atomic mass is 16.5. The Balaban J connectivity index is 1.49. The Bertz CT molecular complexity index is 729. The predicted molar refractivity (Wildman–Crippen MR) is 113 cm³/mol. The van der Waals surface area contributed by atoms with Gasteiger partial charge in [0.1, 0.15) is 18.2 Å². The van der Waals surface area contributed by atoms with Crippen LogP contribution in [0.1, 0.15) is 25.3 Å². The molecular weight excluding hydrogens is 368 g/mol. The highest BCUT2D eigenvalue weighted by Crippen LogP contribution is 2.25. The van der Waals surface area contributed by atoms with Crippen LogP contribution in [-0.4, -0.2) is 72.1 Å². The number of hydrogen-bond donors (Lipinski definition) is 1. The molecule has 1 atom stereocenters. The summed E-state index contributed by atoms with van der Waals surface area (Å²) in [6.45, 7) is 6.69. The van der Waals surface area contributed by atoms with Crippen molar-refractivity contribution < 1.29 is 14.6 Å². The summed E-state index contributed by atoms with van der Waals surface area (Å²) in [5, 5.41) is 11.2. The maximum absolute atomic E-state index is 11.2. The molecule has 3 rings (SSSR count). The predicted octanol–water partition coefficient (Wildman–Crippen LogP) is 2.36. The molecule has 1 aromatic heterocycles. The van der Waals surface area contributed by atoms with Gasteiger partial charge >= 0.3 is 0 Å². The standard InChI is InChI=1S/C22H32N4O3/c1-3-28-13-14-29-20-7-5-19(6-8-20)16-25(2)17-22(27)9-4-12-26(18-22)21-15-23-10-11-24-21/h5-8,10-11,15,27H,3-4,9,12-14,16-18H2,1-2H3. The highest BCUT2D eigenvalue weighted by molar-refractivity contribution is 5.36. The van der Waals surface area contributed by atoms with Gasteiger partial charge in [0.05, 0.1) is 18.4 Å². The molecule has 0 amide bonds. The van der Waals surface area contributed by atoms with Gasteiger partial charge in [-0.3, -0.25) is 9.88 Å². The van der Waals surface area contributed by atoms with Crippen molar-refractivity contribution in [1.82, 2.24) is 14.9 Å². The molecule has 0 bridgehead atoms. The molecule has 7 nitrogen and oxygen atoms in total. The zero-order valence-corrected chi connectivity index (χ0v) is 17.5. The van der Waals surface area contributed by atoms with Crippen LogP contribution in [0, 0.1) is 0 Å². The van der Waals surface area contributed by atoms with E-state index in [9.17, 15) is 5.11 Å². The van der Waals surface area contributed by atoms with E-state index in [0.717, 1.165) is 37.5 Å². The van der Waals surface area contributed by atoms with Crippen LogP contribution in [0.5, 0.6) is 5.75 Å². The number of ether oxygens (including phenoxy) is 2. The number of anilines is 1. The summed E-state index contributed by atoms with van der Waals surface area (Å²) in [5.74, 6) is 1.68. The van der Waals surface area contributed by atoms with E-state index in [1.807, 2.05) is 26.1 Å². The van der Waals surface area contributed by atoms with E-state index < -0.39 is 5.60 Å². The summed E-state index contributed by atoms with van der Waals surface area (Å²) in [7, 11) is 2.05. The van der Waals surface area contributed by atoms with Crippen molar-refractivity contribution in [2.75, 3.05) is 51.4 Å². The van der Waals surface area contributed by atoms with Gasteiger partial charge in [-0.15, -0.1) is 0 Å². The molecule has 2 heterocycles. The largest absolute Gasteiger partial charge is 0.491 e. The molecule has 1 N–H and O–H groups in total. The van der Waals surface area contributed by atoms with Crippen LogP contribution in [0.15, 0.2) is 42.9 Å². The monoisotopic (exact) mass is 400 g/mol. The van der Waals surface area contributed by atoms with Crippen LogP contribution >= 0.6 is 0 Å². The van der Waals surface area contributed by atoms with Gasteiger partial charge in [-0.1, -0.05) is 12.1 Å². The average molecular weight is 401 g/mol. The van der Waals surface area contributed by atoms with Crippen molar-refractivity contribution >= 4 is 5.82 Å². The van der Waals surface area contributed by atoms with Crippen LogP contribution in [-0.2, 0) is 11.3 Å². The number of hydrogen-bond acceptors (Lipinski definition) is 7. The lowest BCUT2D eigenvalue weighted by molar-refractivity contribution is -0.00349. The fraction of sp³-hybridized carbons (Fsp3) is 0.545. The van der Waals surface area contributed by atoms with Crippen molar-refractivity contribution in [2.45, 2.75) is 31.9 Å². The summed E-state index contributed by atoms with van der Waals surface area (Å²) in [5.41, 5.74) is 0.433. The smallest absolute Gasteiger partial charge is 0.147 e. The second-order valence-electron chi connectivity index (χ2n) is 7.67. The fourth-order valence-electron chi connectivity index (χ4n) is 3.82. The van der Waals surface area contributed by atoms with E-state index in [-0.39, 0.29) is 0 Å². The number of likely N-dealkylation sites (N-methyl/N-ethyl adjacent to an activating group) is 1. The number of rotatable bonds is 10. The van der Waals surface area contributed by atoms with E-state index in [2.05, 4.69) is 31.9 Å². The lowest BCUT2D eigenvalue weighted by atomic mass is 9.92. The first-order chi connectivity index (χ1) is 14.1. The molecular formula is C22H32N4O3. The maximum atomic E-state index is 11.2. The Labute approximate surface area is 173 Å². The summed E-state index contributed by atoms with van der Waals surface area (Å²) in [6.07, 6.45) is 6.85. The quantitative estimate of drug-likeness (QED) is 0.614.